The molecule has 0 saturated heterocycles. The summed E-state index contributed by atoms with van der Waals surface area (Å²) < 4.78 is 34.3. The lowest BCUT2D eigenvalue weighted by Gasteiger charge is -2.28. The molecule has 0 spiro atoms. The van der Waals surface area contributed by atoms with E-state index >= 15 is 0 Å². The molecule has 81 heavy (non-hydrogen) atoms. The van der Waals surface area contributed by atoms with Gasteiger partial charge in [-0.05, 0) is 12.8 Å². The minimum atomic E-state index is -4.63. The van der Waals surface area contributed by atoms with E-state index in [1.54, 1.807) is 0 Å². The van der Waals surface area contributed by atoms with E-state index in [1.165, 1.54) is 327 Å². The molecule has 0 amide bonds. The minimum Gasteiger partial charge on any atom is -0.756 e. The number of esters is 2. The maximum atomic E-state index is 12.9. The average Bonchev–Trinajstić information content (AvgIpc) is 3.43. The largest absolute Gasteiger partial charge is 0.756 e. The topological polar surface area (TPSA) is 111 Å². The molecule has 0 N–H and O–H groups in total. The lowest BCUT2D eigenvalue weighted by atomic mass is 10.0. The molecular formula is C71H142NO8P. The fourth-order valence-electron chi connectivity index (χ4n) is 11.3. The molecule has 2 atom stereocenters. The van der Waals surface area contributed by atoms with Gasteiger partial charge >= 0.3 is 11.9 Å². The Morgan fingerprint density at radius 3 is 0.790 bits per heavy atom. The quantitative estimate of drug-likeness (QED) is 0.0256. The van der Waals surface area contributed by atoms with Crippen LogP contribution in [0.2, 0.25) is 0 Å². The summed E-state index contributed by atoms with van der Waals surface area (Å²) in [5.74, 6) is -0.805. The number of hydrogen-bond donors (Lipinski definition) is 0. The lowest BCUT2D eigenvalue weighted by Crippen LogP contribution is -2.37. The smallest absolute Gasteiger partial charge is 0.306 e. The predicted molar refractivity (Wildman–Crippen MR) is 347 cm³/mol. The van der Waals surface area contributed by atoms with Crippen molar-refractivity contribution in [2.45, 2.75) is 399 Å². The molecule has 0 radical (unpaired) electrons. The molecule has 10 heteroatoms. The Hall–Kier alpha value is -0.990. The highest BCUT2D eigenvalue weighted by Crippen LogP contribution is 2.38. The van der Waals surface area contributed by atoms with Gasteiger partial charge in [-0.1, -0.05) is 367 Å². The molecule has 0 bridgehead atoms. The number of hydrogen-bond acceptors (Lipinski definition) is 8. The molecule has 0 aromatic heterocycles. The fourth-order valence-corrected chi connectivity index (χ4v) is 12.0. The van der Waals surface area contributed by atoms with Gasteiger partial charge in [0.05, 0.1) is 27.7 Å². The zero-order valence-electron chi connectivity index (χ0n) is 55.3. The zero-order valence-corrected chi connectivity index (χ0v) is 56.2. The number of likely N-dealkylation sites (N-methyl/N-ethyl adjacent to an activating group) is 1. The molecule has 0 aliphatic heterocycles. The lowest BCUT2D eigenvalue weighted by molar-refractivity contribution is -0.870. The van der Waals surface area contributed by atoms with Crippen LogP contribution in [0.15, 0.2) is 0 Å². The van der Waals surface area contributed by atoms with Gasteiger partial charge in [0.25, 0.3) is 7.82 Å². The second-order valence-corrected chi connectivity index (χ2v) is 27.7. The van der Waals surface area contributed by atoms with E-state index in [0.717, 1.165) is 32.1 Å². The molecule has 484 valence electrons. The first-order chi connectivity index (χ1) is 39.5. The van der Waals surface area contributed by atoms with Crippen molar-refractivity contribution in [1.82, 2.24) is 0 Å². The van der Waals surface area contributed by atoms with E-state index in [1.807, 2.05) is 21.1 Å². The van der Waals surface area contributed by atoms with Gasteiger partial charge in [0.15, 0.2) is 6.10 Å². The van der Waals surface area contributed by atoms with E-state index in [2.05, 4.69) is 13.8 Å². The van der Waals surface area contributed by atoms with Crippen molar-refractivity contribution in [2.24, 2.45) is 0 Å². The highest BCUT2D eigenvalue weighted by atomic mass is 31.2. The van der Waals surface area contributed by atoms with Crippen molar-refractivity contribution < 1.29 is 42.1 Å². The summed E-state index contributed by atoms with van der Waals surface area (Å²) in [6.45, 7) is 4.33. The Kier molecular flexibility index (Phi) is 62.7. The number of unbranched alkanes of at least 4 members (excludes halogenated alkanes) is 55. The van der Waals surface area contributed by atoms with Crippen LogP contribution in [0.4, 0.5) is 0 Å². The van der Waals surface area contributed by atoms with Crippen LogP contribution in [0.3, 0.4) is 0 Å². The summed E-state index contributed by atoms with van der Waals surface area (Å²) in [5, 5.41) is 0. The van der Waals surface area contributed by atoms with E-state index < -0.39 is 26.5 Å². The molecule has 0 saturated carbocycles. The Balaban J connectivity index is 3.87. The maximum absolute atomic E-state index is 12.9. The van der Waals surface area contributed by atoms with Crippen molar-refractivity contribution in [3.05, 3.63) is 0 Å². The predicted octanol–water partition coefficient (Wildman–Crippen LogP) is 22.7. The average molecular weight is 1170 g/mol. The van der Waals surface area contributed by atoms with Crippen LogP contribution in [0.1, 0.15) is 393 Å². The molecule has 0 fully saturated rings. The molecule has 0 aromatic carbocycles. The van der Waals surface area contributed by atoms with Crippen LogP contribution in [-0.4, -0.2) is 70.0 Å². The van der Waals surface area contributed by atoms with E-state index in [0.29, 0.717) is 17.4 Å². The first-order valence-corrected chi connectivity index (χ1v) is 37.7. The molecule has 0 aliphatic rings. The molecule has 0 aliphatic carbocycles. The molecule has 0 rings (SSSR count). The number of carbonyl (C=O) groups is 2. The standard InChI is InChI=1S/C71H142NO8P/c1-6-8-10-12-14-16-18-20-22-24-26-27-28-29-30-31-32-33-34-35-36-37-38-39-40-41-42-43-44-46-48-50-52-54-56-58-60-62-64-71(74)80-69(68-79-81(75,76)78-66-65-72(3,4)5)67-77-70(73)63-61-59-57-55-53-51-49-47-45-25-23-21-19-17-15-13-11-9-7-2/h69H,6-68H2,1-5H3. The van der Waals surface area contributed by atoms with Crippen molar-refractivity contribution in [2.75, 3.05) is 47.5 Å². The van der Waals surface area contributed by atoms with E-state index in [9.17, 15) is 19.0 Å². The SMILES string of the molecule is CCCCCCCCCCCCCCCCCCCCCCCCCCCCCCCCCCCCCCCCC(=O)OC(COC(=O)CCCCCCCCCCCCCCCCCCCCC)COP(=O)([O-])OCC[N+](C)(C)C. The number of ether oxygens (including phenoxy) is 2. The molecular weight excluding hydrogens is 1030 g/mol. The second kappa shape index (κ2) is 63.5. The monoisotopic (exact) mass is 1170 g/mol. The van der Waals surface area contributed by atoms with Crippen molar-refractivity contribution in [3.63, 3.8) is 0 Å². The van der Waals surface area contributed by atoms with Gasteiger partial charge in [-0.3, -0.25) is 14.2 Å². The highest BCUT2D eigenvalue weighted by molar-refractivity contribution is 7.45. The molecule has 2 unspecified atom stereocenters. The van der Waals surface area contributed by atoms with Crippen LogP contribution >= 0.6 is 7.82 Å². The summed E-state index contributed by atoms with van der Waals surface area (Å²) in [7, 11) is 1.20. The number of phosphoric ester groups is 1. The summed E-state index contributed by atoms with van der Waals surface area (Å²) in [6, 6.07) is 0. The normalized spacial score (nSPS) is 13.0. The van der Waals surface area contributed by atoms with Crippen molar-refractivity contribution in [3.8, 4) is 0 Å². The van der Waals surface area contributed by atoms with Crippen LogP contribution in [0, 0.1) is 0 Å². The third-order valence-electron chi connectivity index (χ3n) is 16.9. The highest BCUT2D eigenvalue weighted by Gasteiger charge is 2.22. The van der Waals surface area contributed by atoms with Crippen LogP contribution < -0.4 is 4.89 Å². The first-order valence-electron chi connectivity index (χ1n) is 36.2. The third kappa shape index (κ3) is 68.0. The summed E-state index contributed by atoms with van der Waals surface area (Å²) >= 11 is 0. The first kappa shape index (κ1) is 80.0. The zero-order chi connectivity index (χ0) is 59.1. The van der Waals surface area contributed by atoms with E-state index in [-0.39, 0.29) is 32.0 Å². The number of quaternary nitrogens is 1. The van der Waals surface area contributed by atoms with Crippen LogP contribution in [-0.2, 0) is 32.7 Å². The van der Waals surface area contributed by atoms with Crippen molar-refractivity contribution >= 4 is 19.8 Å². The van der Waals surface area contributed by atoms with Gasteiger partial charge in [-0.25, -0.2) is 0 Å². The van der Waals surface area contributed by atoms with Gasteiger partial charge in [0, 0.05) is 12.8 Å². The number of nitrogens with zero attached hydrogens (tertiary/aromatic N) is 1. The maximum Gasteiger partial charge on any atom is 0.306 e. The van der Waals surface area contributed by atoms with Gasteiger partial charge in [0.1, 0.15) is 19.8 Å². The Morgan fingerprint density at radius 1 is 0.333 bits per heavy atom. The minimum absolute atomic E-state index is 0.0249. The van der Waals surface area contributed by atoms with Gasteiger partial charge < -0.3 is 27.9 Å². The fraction of sp³-hybridized carbons (Fsp3) is 0.972. The summed E-state index contributed by atoms with van der Waals surface area (Å²) in [4.78, 5) is 38.0. The van der Waals surface area contributed by atoms with Gasteiger partial charge in [-0.2, -0.15) is 0 Å². The molecule has 0 heterocycles. The number of phosphoric acid groups is 1. The second-order valence-electron chi connectivity index (χ2n) is 26.3. The van der Waals surface area contributed by atoms with Crippen LogP contribution in [0.5, 0.6) is 0 Å². The summed E-state index contributed by atoms with van der Waals surface area (Å²) in [6.07, 6.45) is 76.4. The van der Waals surface area contributed by atoms with Crippen molar-refractivity contribution in [1.29, 1.82) is 0 Å². The van der Waals surface area contributed by atoms with Gasteiger partial charge in [0.2, 0.25) is 0 Å². The summed E-state index contributed by atoms with van der Waals surface area (Å²) in [5.41, 5.74) is 0. The molecule has 0 aromatic rings. The Morgan fingerprint density at radius 2 is 0.556 bits per heavy atom. The molecule has 9 nitrogen and oxygen atoms in total. The van der Waals surface area contributed by atoms with E-state index in [4.69, 9.17) is 18.5 Å². The number of carbonyl (C=O) groups excluding carboxylic acids is 2. The van der Waals surface area contributed by atoms with Gasteiger partial charge in [-0.15, -0.1) is 0 Å². The Bertz CT molecular complexity index is 1330. The third-order valence-corrected chi connectivity index (χ3v) is 17.8. The number of rotatable bonds is 69. The Labute approximate surface area is 505 Å². The van der Waals surface area contributed by atoms with Crippen LogP contribution in [0.25, 0.3) is 0 Å².